The second-order valence-electron chi connectivity index (χ2n) is 4.47. The molecule has 2 aromatic rings. The molecule has 0 spiro atoms. The molecule has 0 aliphatic carbocycles. The molecule has 0 aliphatic rings. The first-order valence-electron chi connectivity index (χ1n) is 5.84. The topological polar surface area (TPSA) is 27.1 Å². The van der Waals surface area contributed by atoms with Crippen LogP contribution in [0.25, 0.3) is 0 Å². The molecule has 0 N–H and O–H groups in total. The molecule has 0 aliphatic heterocycles. The van der Waals surface area contributed by atoms with E-state index in [1.165, 1.54) is 11.1 Å². The van der Waals surface area contributed by atoms with E-state index in [0.717, 1.165) is 12.3 Å². The Labute approximate surface area is 102 Å². The largest absolute Gasteiger partial charge is 0.497 e. The summed E-state index contributed by atoms with van der Waals surface area (Å²) in [7, 11) is 1.68. The molecule has 0 saturated carbocycles. The summed E-state index contributed by atoms with van der Waals surface area (Å²) < 4.78 is 7.10. The third kappa shape index (κ3) is 2.87. The number of methoxy groups -OCH3 is 1. The summed E-state index contributed by atoms with van der Waals surface area (Å²) in [5, 5.41) is 4.36. The van der Waals surface area contributed by atoms with Crippen molar-refractivity contribution in [3.63, 3.8) is 0 Å². The molecule has 0 radical (unpaired) electrons. The van der Waals surface area contributed by atoms with E-state index in [1.807, 2.05) is 23.0 Å². The first-order valence-corrected chi connectivity index (χ1v) is 5.84. The zero-order valence-corrected chi connectivity index (χ0v) is 10.6. The van der Waals surface area contributed by atoms with Gasteiger partial charge in [0.05, 0.1) is 19.9 Å². The molecule has 0 fully saturated rings. The summed E-state index contributed by atoms with van der Waals surface area (Å²) in [5.74, 6) is 1.41. The fourth-order valence-electron chi connectivity index (χ4n) is 1.68. The fourth-order valence-corrected chi connectivity index (χ4v) is 1.68. The molecule has 1 aromatic heterocycles. The molecule has 3 heteroatoms. The average Bonchev–Trinajstić information content (AvgIpc) is 2.79. The Morgan fingerprint density at radius 3 is 2.47 bits per heavy atom. The average molecular weight is 230 g/mol. The van der Waals surface area contributed by atoms with Gasteiger partial charge in [0.1, 0.15) is 5.75 Å². The van der Waals surface area contributed by atoms with Crippen LogP contribution < -0.4 is 4.74 Å². The predicted molar refractivity (Wildman–Crippen MR) is 68.4 cm³/mol. The molecule has 90 valence electrons. The van der Waals surface area contributed by atoms with Crippen LogP contribution >= 0.6 is 0 Å². The van der Waals surface area contributed by atoms with Gasteiger partial charge in [0.25, 0.3) is 0 Å². The number of benzene rings is 1. The quantitative estimate of drug-likeness (QED) is 0.807. The first kappa shape index (κ1) is 11.7. The molecule has 3 nitrogen and oxygen atoms in total. The molecule has 0 saturated heterocycles. The van der Waals surface area contributed by atoms with Gasteiger partial charge in [0.15, 0.2) is 0 Å². The molecule has 1 heterocycles. The third-order valence-corrected chi connectivity index (χ3v) is 2.82. The number of ether oxygens (including phenoxy) is 1. The third-order valence-electron chi connectivity index (χ3n) is 2.82. The lowest BCUT2D eigenvalue weighted by Gasteiger charge is -2.04. The molecule has 0 unspecified atom stereocenters. The van der Waals surface area contributed by atoms with Crippen LogP contribution in [0.2, 0.25) is 0 Å². The number of hydrogen-bond donors (Lipinski definition) is 0. The van der Waals surface area contributed by atoms with Crippen LogP contribution in [0.4, 0.5) is 0 Å². The summed E-state index contributed by atoms with van der Waals surface area (Å²) in [6, 6.07) is 8.08. The maximum atomic E-state index is 5.13. The van der Waals surface area contributed by atoms with E-state index in [-0.39, 0.29) is 0 Å². The summed E-state index contributed by atoms with van der Waals surface area (Å²) >= 11 is 0. The minimum atomic E-state index is 0.527. The van der Waals surface area contributed by atoms with E-state index in [4.69, 9.17) is 4.74 Å². The van der Waals surface area contributed by atoms with E-state index in [0.29, 0.717) is 5.92 Å². The summed E-state index contributed by atoms with van der Waals surface area (Å²) in [6.45, 7) is 5.15. The minimum absolute atomic E-state index is 0.527. The van der Waals surface area contributed by atoms with E-state index >= 15 is 0 Å². The maximum Gasteiger partial charge on any atom is 0.118 e. The van der Waals surface area contributed by atoms with Crippen LogP contribution in [-0.2, 0) is 6.54 Å². The van der Waals surface area contributed by atoms with Crippen molar-refractivity contribution in [2.75, 3.05) is 7.11 Å². The number of nitrogens with zero attached hydrogens (tertiary/aromatic N) is 2. The van der Waals surface area contributed by atoms with Crippen molar-refractivity contribution in [3.8, 4) is 5.75 Å². The monoisotopic (exact) mass is 230 g/mol. The highest BCUT2D eigenvalue weighted by Gasteiger charge is 2.03. The van der Waals surface area contributed by atoms with Crippen LogP contribution in [0.3, 0.4) is 0 Å². The van der Waals surface area contributed by atoms with E-state index in [2.05, 4.69) is 37.3 Å². The van der Waals surface area contributed by atoms with Crippen LogP contribution in [0.5, 0.6) is 5.75 Å². The van der Waals surface area contributed by atoms with Crippen molar-refractivity contribution in [3.05, 3.63) is 47.8 Å². The Morgan fingerprint density at radius 2 is 1.94 bits per heavy atom. The second kappa shape index (κ2) is 5.04. The van der Waals surface area contributed by atoms with Crippen molar-refractivity contribution >= 4 is 0 Å². The lowest BCUT2D eigenvalue weighted by Crippen LogP contribution is -1.99. The SMILES string of the molecule is COc1ccc(Cn2cc(C(C)C)cn2)cc1. The molecule has 17 heavy (non-hydrogen) atoms. The van der Waals surface area contributed by atoms with Gasteiger partial charge in [-0.15, -0.1) is 0 Å². The van der Waals surface area contributed by atoms with Crippen LogP contribution in [0.15, 0.2) is 36.7 Å². The van der Waals surface area contributed by atoms with Crippen molar-refractivity contribution in [2.24, 2.45) is 0 Å². The highest BCUT2D eigenvalue weighted by molar-refractivity contribution is 5.27. The normalized spacial score (nSPS) is 10.8. The van der Waals surface area contributed by atoms with Gasteiger partial charge in [0.2, 0.25) is 0 Å². The summed E-state index contributed by atoms with van der Waals surface area (Å²) in [4.78, 5) is 0. The number of aromatic nitrogens is 2. The Hall–Kier alpha value is -1.77. The van der Waals surface area contributed by atoms with Gasteiger partial charge < -0.3 is 4.74 Å². The Kier molecular flexibility index (Phi) is 3.47. The molecule has 1 aromatic carbocycles. The zero-order valence-electron chi connectivity index (χ0n) is 10.6. The second-order valence-corrected chi connectivity index (χ2v) is 4.47. The summed E-state index contributed by atoms with van der Waals surface area (Å²) in [6.07, 6.45) is 4.04. The summed E-state index contributed by atoms with van der Waals surface area (Å²) in [5.41, 5.74) is 2.50. The van der Waals surface area contributed by atoms with Gasteiger partial charge in [-0.25, -0.2) is 0 Å². The van der Waals surface area contributed by atoms with E-state index in [9.17, 15) is 0 Å². The van der Waals surface area contributed by atoms with Crippen LogP contribution in [0.1, 0.15) is 30.9 Å². The highest BCUT2D eigenvalue weighted by Crippen LogP contribution is 2.15. The van der Waals surface area contributed by atoms with E-state index in [1.54, 1.807) is 7.11 Å². The molecular formula is C14H18N2O. The smallest absolute Gasteiger partial charge is 0.118 e. The maximum absolute atomic E-state index is 5.13. The van der Waals surface area contributed by atoms with E-state index < -0.39 is 0 Å². The van der Waals surface area contributed by atoms with Gasteiger partial charge in [0, 0.05) is 6.20 Å². The van der Waals surface area contributed by atoms with Crippen molar-refractivity contribution in [2.45, 2.75) is 26.3 Å². The molecule has 0 atom stereocenters. The van der Waals surface area contributed by atoms with Gasteiger partial charge in [-0.05, 0) is 29.2 Å². The molecule has 0 bridgehead atoms. The number of hydrogen-bond acceptors (Lipinski definition) is 2. The lowest BCUT2D eigenvalue weighted by molar-refractivity contribution is 0.414. The molecular weight excluding hydrogens is 212 g/mol. The molecule has 0 amide bonds. The predicted octanol–water partition coefficient (Wildman–Crippen LogP) is 3.06. The standard InChI is InChI=1S/C14H18N2O/c1-11(2)13-8-15-16(10-13)9-12-4-6-14(17-3)7-5-12/h4-8,10-11H,9H2,1-3H3. The highest BCUT2D eigenvalue weighted by atomic mass is 16.5. The Morgan fingerprint density at radius 1 is 1.24 bits per heavy atom. The van der Waals surface area contributed by atoms with Crippen molar-refractivity contribution in [1.82, 2.24) is 9.78 Å². The van der Waals surface area contributed by atoms with Gasteiger partial charge >= 0.3 is 0 Å². The molecule has 2 rings (SSSR count). The fraction of sp³-hybridized carbons (Fsp3) is 0.357. The van der Waals surface area contributed by atoms with Gasteiger partial charge in [-0.1, -0.05) is 26.0 Å². The number of rotatable bonds is 4. The zero-order chi connectivity index (χ0) is 12.3. The Bertz CT molecular complexity index is 471. The first-order chi connectivity index (χ1) is 8.19. The van der Waals surface area contributed by atoms with Gasteiger partial charge in [-0.2, -0.15) is 5.10 Å². The van der Waals surface area contributed by atoms with Crippen molar-refractivity contribution in [1.29, 1.82) is 0 Å². The van der Waals surface area contributed by atoms with Crippen LogP contribution in [-0.4, -0.2) is 16.9 Å². The minimum Gasteiger partial charge on any atom is -0.497 e. The van der Waals surface area contributed by atoms with Crippen LogP contribution in [0, 0.1) is 0 Å². The van der Waals surface area contributed by atoms with Crippen molar-refractivity contribution < 1.29 is 4.74 Å². The van der Waals surface area contributed by atoms with Gasteiger partial charge in [-0.3, -0.25) is 4.68 Å². The Balaban J connectivity index is 2.08. The lowest BCUT2D eigenvalue weighted by atomic mass is 10.1.